The third-order valence-corrected chi connectivity index (χ3v) is 4.10. The smallest absolute Gasteiger partial charge is 0.0661 e. The summed E-state index contributed by atoms with van der Waals surface area (Å²) in [6.07, 6.45) is 5.30. The molecule has 2 unspecified atom stereocenters. The SMILES string of the molecule is CCOC1CC(NC[C@H](C)O)C12CCC2. The van der Waals surface area contributed by atoms with Crippen LogP contribution in [-0.4, -0.2) is 36.5 Å². The minimum Gasteiger partial charge on any atom is -0.392 e. The Hall–Kier alpha value is -0.120. The summed E-state index contributed by atoms with van der Waals surface area (Å²) in [7, 11) is 0. The molecule has 3 heteroatoms. The van der Waals surface area contributed by atoms with Gasteiger partial charge in [-0.15, -0.1) is 0 Å². The number of ether oxygens (including phenoxy) is 1. The number of hydrogen-bond acceptors (Lipinski definition) is 3. The number of nitrogens with one attached hydrogen (secondary N) is 1. The van der Waals surface area contributed by atoms with Crippen LogP contribution >= 0.6 is 0 Å². The fourth-order valence-corrected chi connectivity index (χ4v) is 3.04. The fourth-order valence-electron chi connectivity index (χ4n) is 3.04. The molecule has 1 spiro atoms. The number of rotatable bonds is 5. The van der Waals surface area contributed by atoms with E-state index < -0.39 is 0 Å². The van der Waals surface area contributed by atoms with Crippen LogP contribution in [-0.2, 0) is 4.74 Å². The molecular weight excluding hydrogens is 190 g/mol. The zero-order valence-corrected chi connectivity index (χ0v) is 9.83. The van der Waals surface area contributed by atoms with Crippen molar-refractivity contribution in [3.05, 3.63) is 0 Å². The molecule has 0 amide bonds. The Balaban J connectivity index is 1.83. The van der Waals surface area contributed by atoms with Crippen LogP contribution in [0.5, 0.6) is 0 Å². The minimum atomic E-state index is -0.242. The highest BCUT2D eigenvalue weighted by atomic mass is 16.5. The number of aliphatic hydroxyl groups excluding tert-OH is 1. The molecule has 3 nitrogen and oxygen atoms in total. The maximum absolute atomic E-state index is 9.26. The first-order valence-electron chi connectivity index (χ1n) is 6.22. The van der Waals surface area contributed by atoms with E-state index in [9.17, 15) is 5.11 Å². The highest BCUT2D eigenvalue weighted by Crippen LogP contribution is 2.57. The molecule has 2 rings (SSSR count). The van der Waals surface area contributed by atoms with Gasteiger partial charge in [0.25, 0.3) is 0 Å². The first kappa shape index (κ1) is 11.4. The normalized spacial score (nSPS) is 34.6. The van der Waals surface area contributed by atoms with Crippen LogP contribution in [0.1, 0.15) is 39.5 Å². The van der Waals surface area contributed by atoms with Crippen LogP contribution in [0.4, 0.5) is 0 Å². The Morgan fingerprint density at radius 2 is 2.27 bits per heavy atom. The standard InChI is InChI=1S/C12H23NO2/c1-3-15-11-7-10(13-8-9(2)14)12(11)5-4-6-12/h9-11,13-14H,3-8H2,1-2H3/t9-,10?,11?/m0/s1. The van der Waals surface area contributed by atoms with E-state index in [-0.39, 0.29) is 6.10 Å². The van der Waals surface area contributed by atoms with Crippen molar-refractivity contribution in [3.8, 4) is 0 Å². The summed E-state index contributed by atoms with van der Waals surface area (Å²) in [5, 5.41) is 12.7. The van der Waals surface area contributed by atoms with E-state index in [0.29, 0.717) is 24.1 Å². The van der Waals surface area contributed by atoms with E-state index in [1.54, 1.807) is 0 Å². The van der Waals surface area contributed by atoms with Crippen LogP contribution in [0.15, 0.2) is 0 Å². The zero-order valence-electron chi connectivity index (χ0n) is 9.83. The maximum atomic E-state index is 9.26. The lowest BCUT2D eigenvalue weighted by Gasteiger charge is -2.61. The van der Waals surface area contributed by atoms with Crippen molar-refractivity contribution in [1.29, 1.82) is 0 Å². The summed E-state index contributed by atoms with van der Waals surface area (Å²) < 4.78 is 5.77. The van der Waals surface area contributed by atoms with Gasteiger partial charge in [-0.25, -0.2) is 0 Å². The second-order valence-corrected chi connectivity index (χ2v) is 5.08. The molecule has 88 valence electrons. The van der Waals surface area contributed by atoms with Gasteiger partial charge in [-0.3, -0.25) is 0 Å². The average Bonchev–Trinajstić information content (AvgIpc) is 2.06. The predicted octanol–water partition coefficient (Wildman–Crippen LogP) is 1.30. The molecule has 0 aromatic rings. The van der Waals surface area contributed by atoms with E-state index >= 15 is 0 Å². The summed E-state index contributed by atoms with van der Waals surface area (Å²) in [6.45, 7) is 5.45. The summed E-state index contributed by atoms with van der Waals surface area (Å²) in [6, 6.07) is 0.581. The molecule has 3 atom stereocenters. The molecule has 0 radical (unpaired) electrons. The summed E-state index contributed by atoms with van der Waals surface area (Å²) in [5.74, 6) is 0. The summed E-state index contributed by atoms with van der Waals surface area (Å²) in [4.78, 5) is 0. The van der Waals surface area contributed by atoms with Crippen molar-refractivity contribution in [3.63, 3.8) is 0 Å². The van der Waals surface area contributed by atoms with Crippen molar-refractivity contribution in [2.24, 2.45) is 5.41 Å². The largest absolute Gasteiger partial charge is 0.392 e. The van der Waals surface area contributed by atoms with Gasteiger partial charge in [0.05, 0.1) is 12.2 Å². The second kappa shape index (κ2) is 4.40. The molecule has 0 aliphatic heterocycles. The summed E-state index contributed by atoms with van der Waals surface area (Å²) >= 11 is 0. The first-order valence-corrected chi connectivity index (χ1v) is 6.22. The third kappa shape index (κ3) is 1.93. The van der Waals surface area contributed by atoms with Crippen molar-refractivity contribution < 1.29 is 9.84 Å². The fraction of sp³-hybridized carbons (Fsp3) is 1.00. The van der Waals surface area contributed by atoms with Gasteiger partial charge in [-0.1, -0.05) is 6.42 Å². The topological polar surface area (TPSA) is 41.5 Å². The van der Waals surface area contributed by atoms with Gasteiger partial charge >= 0.3 is 0 Å². The maximum Gasteiger partial charge on any atom is 0.0661 e. The van der Waals surface area contributed by atoms with E-state index in [4.69, 9.17) is 4.74 Å². The lowest BCUT2D eigenvalue weighted by atomic mass is 9.51. The molecule has 15 heavy (non-hydrogen) atoms. The Bertz CT molecular complexity index is 214. The highest BCUT2D eigenvalue weighted by molar-refractivity contribution is 5.12. The summed E-state index contributed by atoms with van der Waals surface area (Å²) in [5.41, 5.74) is 0.422. The van der Waals surface area contributed by atoms with Crippen molar-refractivity contribution >= 4 is 0 Å². The molecule has 2 aliphatic rings. The van der Waals surface area contributed by atoms with Gasteiger partial charge in [-0.05, 0) is 33.1 Å². The molecule has 2 N–H and O–H groups in total. The van der Waals surface area contributed by atoms with Crippen LogP contribution in [0.2, 0.25) is 0 Å². The van der Waals surface area contributed by atoms with E-state index in [1.807, 2.05) is 6.92 Å². The Morgan fingerprint density at radius 1 is 1.53 bits per heavy atom. The second-order valence-electron chi connectivity index (χ2n) is 5.08. The average molecular weight is 213 g/mol. The Kier molecular flexibility index (Phi) is 3.33. The van der Waals surface area contributed by atoms with Crippen LogP contribution in [0.3, 0.4) is 0 Å². The lowest BCUT2D eigenvalue weighted by Crippen LogP contribution is -2.67. The zero-order chi connectivity index (χ0) is 10.9. The molecule has 0 aromatic carbocycles. The van der Waals surface area contributed by atoms with E-state index in [0.717, 1.165) is 13.0 Å². The minimum absolute atomic E-state index is 0.242. The molecule has 0 saturated heterocycles. The van der Waals surface area contributed by atoms with Crippen molar-refractivity contribution in [2.45, 2.75) is 57.8 Å². The van der Waals surface area contributed by atoms with Gasteiger partial charge in [0, 0.05) is 24.6 Å². The van der Waals surface area contributed by atoms with Gasteiger partial charge in [-0.2, -0.15) is 0 Å². The Labute approximate surface area is 92.2 Å². The van der Waals surface area contributed by atoms with Gasteiger partial charge in [0.15, 0.2) is 0 Å². The Morgan fingerprint density at radius 3 is 2.73 bits per heavy atom. The van der Waals surface area contributed by atoms with Crippen LogP contribution in [0, 0.1) is 5.41 Å². The van der Waals surface area contributed by atoms with Crippen LogP contribution in [0.25, 0.3) is 0 Å². The molecule has 0 aromatic heterocycles. The van der Waals surface area contributed by atoms with Gasteiger partial charge < -0.3 is 15.2 Å². The molecular formula is C12H23NO2. The quantitative estimate of drug-likeness (QED) is 0.723. The van der Waals surface area contributed by atoms with E-state index in [2.05, 4.69) is 12.2 Å². The molecule has 2 saturated carbocycles. The van der Waals surface area contributed by atoms with E-state index in [1.165, 1.54) is 19.3 Å². The molecule has 2 aliphatic carbocycles. The molecule has 0 bridgehead atoms. The first-order chi connectivity index (χ1) is 7.19. The predicted molar refractivity (Wildman–Crippen MR) is 59.8 cm³/mol. The van der Waals surface area contributed by atoms with Crippen molar-refractivity contribution in [1.82, 2.24) is 5.32 Å². The third-order valence-electron chi connectivity index (χ3n) is 4.10. The number of hydrogen-bond donors (Lipinski definition) is 2. The van der Waals surface area contributed by atoms with Gasteiger partial charge in [0.2, 0.25) is 0 Å². The monoisotopic (exact) mass is 213 g/mol. The van der Waals surface area contributed by atoms with Gasteiger partial charge in [0.1, 0.15) is 0 Å². The lowest BCUT2D eigenvalue weighted by molar-refractivity contribution is -0.173. The molecule has 2 fully saturated rings. The number of aliphatic hydroxyl groups is 1. The van der Waals surface area contributed by atoms with Crippen molar-refractivity contribution in [2.75, 3.05) is 13.2 Å². The highest BCUT2D eigenvalue weighted by Gasteiger charge is 2.58. The molecule has 0 heterocycles. The van der Waals surface area contributed by atoms with Crippen LogP contribution < -0.4 is 5.32 Å².